The van der Waals surface area contributed by atoms with Gasteiger partial charge in [0.2, 0.25) is 0 Å². The molecule has 0 spiro atoms. The molecule has 0 radical (unpaired) electrons. The van der Waals surface area contributed by atoms with Crippen LogP contribution in [0.5, 0.6) is 5.75 Å². The van der Waals surface area contributed by atoms with E-state index in [4.69, 9.17) is 5.10 Å². The summed E-state index contributed by atoms with van der Waals surface area (Å²) in [6, 6.07) is 6.99. The van der Waals surface area contributed by atoms with Crippen LogP contribution in [0.15, 0.2) is 48.9 Å². The molecule has 2 fully saturated rings. The lowest BCUT2D eigenvalue weighted by Crippen LogP contribution is -2.53. The number of aliphatic hydroxyl groups excluding tert-OH is 2. The van der Waals surface area contributed by atoms with E-state index in [-0.39, 0.29) is 37.3 Å². The van der Waals surface area contributed by atoms with Crippen LogP contribution in [0.1, 0.15) is 11.6 Å². The van der Waals surface area contributed by atoms with Crippen LogP contribution in [0.3, 0.4) is 0 Å². The molecule has 0 bridgehead atoms. The Morgan fingerprint density at radius 1 is 1.16 bits per heavy atom. The fourth-order valence-corrected chi connectivity index (χ4v) is 4.66. The van der Waals surface area contributed by atoms with Crippen molar-refractivity contribution in [2.45, 2.75) is 18.4 Å². The first-order chi connectivity index (χ1) is 17.6. The number of carbonyl (C=O) groups is 1. The molecule has 9 nitrogen and oxygen atoms in total. The molecule has 1 aromatic carbocycles. The molecule has 0 aliphatic carbocycles. The van der Waals surface area contributed by atoms with Crippen LogP contribution in [-0.2, 0) is 4.79 Å². The topological polar surface area (TPSA) is 104 Å². The molecule has 1 atom stereocenters. The van der Waals surface area contributed by atoms with Gasteiger partial charge >= 0.3 is 6.36 Å². The first-order valence-corrected chi connectivity index (χ1v) is 11.5. The number of rotatable bonds is 7. The van der Waals surface area contributed by atoms with Gasteiger partial charge in [-0.3, -0.25) is 4.79 Å². The fraction of sp³-hybridized carbons (Fsp3) is 0.375. The summed E-state index contributed by atoms with van der Waals surface area (Å²) in [6.07, 6.45) is -4.07. The quantitative estimate of drug-likeness (QED) is 0.364. The molecule has 13 heteroatoms. The molecule has 196 valence electrons. The average molecular weight is 521 g/mol. The Morgan fingerprint density at radius 2 is 1.84 bits per heavy atom. The maximum absolute atomic E-state index is 13.3. The van der Waals surface area contributed by atoms with E-state index in [1.54, 1.807) is 12.3 Å². The largest absolute Gasteiger partial charge is 0.573 e. The Hall–Kier alpha value is -3.71. The van der Waals surface area contributed by atoms with Gasteiger partial charge in [-0.1, -0.05) is 6.58 Å². The van der Waals surface area contributed by atoms with E-state index in [0.717, 1.165) is 5.69 Å². The van der Waals surface area contributed by atoms with Gasteiger partial charge in [-0.15, -0.1) is 13.2 Å². The van der Waals surface area contributed by atoms with Crippen LogP contribution in [-0.4, -0.2) is 81.0 Å². The lowest BCUT2D eigenvalue weighted by molar-refractivity contribution is -0.274. The molecule has 3 aromatic rings. The second-order valence-electron chi connectivity index (χ2n) is 9.09. The number of fused-ring (bicyclic) bond motifs is 1. The van der Waals surface area contributed by atoms with Crippen molar-refractivity contribution in [1.82, 2.24) is 19.7 Å². The molecule has 2 N–H and O–H groups in total. The monoisotopic (exact) mass is 521 g/mol. The summed E-state index contributed by atoms with van der Waals surface area (Å²) in [4.78, 5) is 19.7. The number of nitrogens with zero attached hydrogens (tertiary/aromatic N) is 5. The van der Waals surface area contributed by atoms with E-state index in [1.165, 1.54) is 33.8 Å². The van der Waals surface area contributed by atoms with Gasteiger partial charge in [0.25, 0.3) is 5.91 Å². The van der Waals surface area contributed by atoms with Crippen molar-refractivity contribution in [1.29, 1.82) is 0 Å². The van der Waals surface area contributed by atoms with Gasteiger partial charge in [0.05, 0.1) is 35.2 Å². The summed E-state index contributed by atoms with van der Waals surface area (Å²) >= 11 is 0. The summed E-state index contributed by atoms with van der Waals surface area (Å²) in [7, 11) is 0. The van der Waals surface area contributed by atoms with Gasteiger partial charge in [-0.25, -0.2) is 14.1 Å². The number of aliphatic hydroxyl groups is 2. The second-order valence-corrected chi connectivity index (χ2v) is 9.09. The second kappa shape index (κ2) is 9.30. The number of pyridine rings is 1. The van der Waals surface area contributed by atoms with E-state index in [0.29, 0.717) is 35.5 Å². The Labute approximate surface area is 208 Å². The number of amides is 1. The highest BCUT2D eigenvalue weighted by Gasteiger charge is 2.39. The summed E-state index contributed by atoms with van der Waals surface area (Å²) in [6.45, 7) is 4.12. The third-order valence-electron chi connectivity index (χ3n) is 6.66. The zero-order valence-electron chi connectivity index (χ0n) is 19.4. The fourth-order valence-electron chi connectivity index (χ4n) is 4.66. The number of likely N-dealkylation sites (tertiary alicyclic amines) is 1. The molecule has 2 saturated heterocycles. The molecular weight excluding hydrogens is 498 g/mol. The number of anilines is 1. The minimum Gasteiger partial charge on any atom is -0.406 e. The summed E-state index contributed by atoms with van der Waals surface area (Å²) < 4.78 is 56.5. The first kappa shape index (κ1) is 25.0. The predicted octanol–water partition coefficient (Wildman–Crippen LogP) is 2.52. The van der Waals surface area contributed by atoms with E-state index < -0.39 is 24.2 Å². The smallest absolute Gasteiger partial charge is 0.406 e. The molecule has 2 aromatic heterocycles. The van der Waals surface area contributed by atoms with Crippen LogP contribution in [0.4, 0.5) is 23.2 Å². The van der Waals surface area contributed by atoms with Crippen LogP contribution < -0.4 is 9.64 Å². The van der Waals surface area contributed by atoms with Crippen molar-refractivity contribution in [3.8, 4) is 11.4 Å². The van der Waals surface area contributed by atoms with Gasteiger partial charge < -0.3 is 24.7 Å². The number of alkyl halides is 3. The Balaban J connectivity index is 1.52. The molecule has 2 aliphatic heterocycles. The molecule has 0 unspecified atom stereocenters. The summed E-state index contributed by atoms with van der Waals surface area (Å²) in [5, 5.41) is 24.6. The van der Waals surface area contributed by atoms with E-state index in [1.807, 2.05) is 4.90 Å². The van der Waals surface area contributed by atoms with Crippen LogP contribution in [0, 0.1) is 5.92 Å². The van der Waals surface area contributed by atoms with Crippen molar-refractivity contribution in [2.75, 3.05) is 37.7 Å². The van der Waals surface area contributed by atoms with Gasteiger partial charge in [0.1, 0.15) is 5.75 Å². The maximum atomic E-state index is 13.3. The molecule has 4 heterocycles. The minimum atomic E-state index is -4.82. The lowest BCUT2D eigenvalue weighted by Gasteiger charge is -2.43. The summed E-state index contributed by atoms with van der Waals surface area (Å²) in [5.74, 6) is -2.56. The number of halogens is 4. The Bertz CT molecular complexity index is 1330. The van der Waals surface area contributed by atoms with Crippen molar-refractivity contribution in [3.05, 3.63) is 54.6 Å². The minimum absolute atomic E-state index is 0.111. The first-order valence-electron chi connectivity index (χ1n) is 11.5. The zero-order valence-corrected chi connectivity index (χ0v) is 19.4. The summed E-state index contributed by atoms with van der Waals surface area (Å²) in [5.41, 5.74) is 2.28. The zero-order chi connectivity index (χ0) is 26.5. The normalized spacial score (nSPS) is 17.5. The Morgan fingerprint density at radius 3 is 2.43 bits per heavy atom. The van der Waals surface area contributed by atoms with Crippen LogP contribution in [0.2, 0.25) is 0 Å². The van der Waals surface area contributed by atoms with Gasteiger partial charge in [-0.05, 0) is 30.3 Å². The van der Waals surface area contributed by atoms with Crippen LogP contribution >= 0.6 is 0 Å². The van der Waals surface area contributed by atoms with Crippen molar-refractivity contribution in [2.24, 2.45) is 5.92 Å². The molecule has 1 amide bonds. The molecular formula is C24H23F4N5O4. The average Bonchev–Trinajstić information content (AvgIpc) is 3.16. The highest BCUT2D eigenvalue weighted by Crippen LogP contribution is 2.40. The molecule has 5 rings (SSSR count). The third kappa shape index (κ3) is 4.71. The van der Waals surface area contributed by atoms with E-state index >= 15 is 0 Å². The van der Waals surface area contributed by atoms with E-state index in [9.17, 15) is 32.6 Å². The van der Waals surface area contributed by atoms with Crippen molar-refractivity contribution < 1.29 is 37.3 Å². The molecule has 0 saturated carbocycles. The standard InChI is InChI=1S/C24H23F4N5O4/c1-13(25)23(36)32-10-15(11-32)21-20-18(31-8-14(9-31)19(35)12-34)6-7-29-22(20)33(30-21)16-2-4-17(5-3-16)37-24(26,27)28/h2-7,14-15,19,34-35H,1,8-12H2/t19-/m0/s1. The number of hydrogen-bond acceptors (Lipinski definition) is 7. The SMILES string of the molecule is C=C(F)C(=O)N1CC(c2nn(-c3ccc(OC(F)(F)F)cc3)c3nccc(N4CC([C@@H](O)CO)C4)c23)C1. The number of aromatic nitrogens is 3. The van der Waals surface area contributed by atoms with Gasteiger partial charge in [0.15, 0.2) is 11.5 Å². The number of benzene rings is 1. The highest BCUT2D eigenvalue weighted by atomic mass is 19.4. The third-order valence-corrected chi connectivity index (χ3v) is 6.66. The predicted molar refractivity (Wildman–Crippen MR) is 124 cm³/mol. The number of carbonyl (C=O) groups excluding carboxylic acids is 1. The van der Waals surface area contributed by atoms with Gasteiger partial charge in [0, 0.05) is 44.2 Å². The highest BCUT2D eigenvalue weighted by molar-refractivity contribution is 5.95. The van der Waals surface area contributed by atoms with Crippen LogP contribution in [0.25, 0.3) is 16.7 Å². The lowest BCUT2D eigenvalue weighted by atomic mass is 9.91. The molecule has 2 aliphatic rings. The molecule has 37 heavy (non-hydrogen) atoms. The number of ether oxygens (including phenoxy) is 1. The van der Waals surface area contributed by atoms with E-state index in [2.05, 4.69) is 16.3 Å². The maximum Gasteiger partial charge on any atom is 0.573 e. The Kier molecular flexibility index (Phi) is 6.28. The van der Waals surface area contributed by atoms with Crippen molar-refractivity contribution in [3.63, 3.8) is 0 Å². The number of hydrogen-bond donors (Lipinski definition) is 2. The van der Waals surface area contributed by atoms with Crippen molar-refractivity contribution >= 4 is 22.6 Å². The van der Waals surface area contributed by atoms with Gasteiger partial charge in [-0.2, -0.15) is 5.10 Å².